The maximum atomic E-state index is 12.2. The SMILES string of the molecule is CC1(O)CCCN(C(=O)N[C@@H](C(=O)O)C(C)(C)C)CC1. The maximum absolute atomic E-state index is 12.2. The molecule has 1 rings (SSSR count). The van der Waals surface area contributed by atoms with Crippen molar-refractivity contribution in [3.63, 3.8) is 0 Å². The van der Waals surface area contributed by atoms with Crippen molar-refractivity contribution in [2.45, 2.75) is 58.6 Å². The smallest absolute Gasteiger partial charge is 0.326 e. The molecule has 3 N–H and O–H groups in total. The summed E-state index contributed by atoms with van der Waals surface area (Å²) in [7, 11) is 0. The highest BCUT2D eigenvalue weighted by atomic mass is 16.4. The van der Waals surface area contributed by atoms with Gasteiger partial charge < -0.3 is 20.4 Å². The number of rotatable bonds is 2. The van der Waals surface area contributed by atoms with Crippen LogP contribution in [0.25, 0.3) is 0 Å². The van der Waals surface area contributed by atoms with Crippen LogP contribution in [0.4, 0.5) is 4.79 Å². The first-order chi connectivity index (χ1) is 9.03. The normalized spacial score (nSPS) is 25.8. The van der Waals surface area contributed by atoms with Crippen molar-refractivity contribution in [2.24, 2.45) is 5.41 Å². The van der Waals surface area contributed by atoms with E-state index in [0.717, 1.165) is 0 Å². The fourth-order valence-corrected chi connectivity index (χ4v) is 2.33. The molecule has 1 saturated heterocycles. The van der Waals surface area contributed by atoms with E-state index in [4.69, 9.17) is 0 Å². The molecule has 1 fully saturated rings. The van der Waals surface area contributed by atoms with Gasteiger partial charge in [0.1, 0.15) is 6.04 Å². The summed E-state index contributed by atoms with van der Waals surface area (Å²) in [6.45, 7) is 8.08. The highest BCUT2D eigenvalue weighted by Crippen LogP contribution is 2.23. The Kier molecular flexibility index (Phi) is 5.02. The van der Waals surface area contributed by atoms with Gasteiger partial charge >= 0.3 is 12.0 Å². The minimum atomic E-state index is -1.03. The number of carboxylic acid groups (broad SMARTS) is 1. The fraction of sp³-hybridized carbons (Fsp3) is 0.857. The van der Waals surface area contributed by atoms with Gasteiger partial charge in [-0.2, -0.15) is 0 Å². The number of hydrogen-bond acceptors (Lipinski definition) is 3. The van der Waals surface area contributed by atoms with Crippen molar-refractivity contribution < 1.29 is 19.8 Å². The quantitative estimate of drug-likeness (QED) is 0.716. The second kappa shape index (κ2) is 5.99. The Labute approximate surface area is 120 Å². The summed E-state index contributed by atoms with van der Waals surface area (Å²) in [6, 6.07) is -1.30. The zero-order valence-electron chi connectivity index (χ0n) is 12.8. The van der Waals surface area contributed by atoms with Gasteiger partial charge in [-0.15, -0.1) is 0 Å². The number of amides is 2. The zero-order valence-corrected chi connectivity index (χ0v) is 12.8. The molecule has 1 unspecified atom stereocenters. The van der Waals surface area contributed by atoms with E-state index in [0.29, 0.717) is 32.4 Å². The minimum absolute atomic E-state index is 0.370. The molecule has 0 aromatic heterocycles. The number of nitrogens with zero attached hydrogens (tertiary/aromatic N) is 1. The largest absolute Gasteiger partial charge is 0.480 e. The van der Waals surface area contributed by atoms with Gasteiger partial charge in [0.05, 0.1) is 5.60 Å². The predicted octanol–water partition coefficient (Wildman–Crippen LogP) is 1.43. The first-order valence-corrected chi connectivity index (χ1v) is 7.03. The lowest BCUT2D eigenvalue weighted by molar-refractivity contribution is -0.142. The number of aliphatic hydroxyl groups is 1. The van der Waals surface area contributed by atoms with E-state index in [1.54, 1.807) is 32.6 Å². The summed E-state index contributed by atoms with van der Waals surface area (Å²) in [5.41, 5.74) is -1.30. The van der Waals surface area contributed by atoms with Gasteiger partial charge in [-0.3, -0.25) is 0 Å². The molecule has 0 radical (unpaired) electrons. The Morgan fingerprint density at radius 1 is 1.25 bits per heavy atom. The summed E-state index contributed by atoms with van der Waals surface area (Å²) < 4.78 is 0. The van der Waals surface area contributed by atoms with Crippen molar-refractivity contribution in [3.8, 4) is 0 Å². The highest BCUT2D eigenvalue weighted by Gasteiger charge is 2.34. The summed E-state index contributed by atoms with van der Waals surface area (Å²) in [5, 5.41) is 21.8. The van der Waals surface area contributed by atoms with Crippen molar-refractivity contribution >= 4 is 12.0 Å². The molecule has 1 aliphatic rings. The predicted molar refractivity (Wildman–Crippen MR) is 75.5 cm³/mol. The lowest BCUT2D eigenvalue weighted by Gasteiger charge is -2.30. The summed E-state index contributed by atoms with van der Waals surface area (Å²) in [5.74, 6) is -1.03. The Morgan fingerprint density at radius 2 is 1.85 bits per heavy atom. The average molecular weight is 286 g/mol. The van der Waals surface area contributed by atoms with Gasteiger partial charge in [0, 0.05) is 13.1 Å². The molecule has 1 heterocycles. The molecule has 0 saturated carbocycles. The van der Waals surface area contributed by atoms with Crippen molar-refractivity contribution in [3.05, 3.63) is 0 Å². The molecule has 2 amide bonds. The standard InChI is InChI=1S/C14H26N2O4/c1-13(2,3)10(11(17)18)15-12(19)16-8-5-6-14(4,20)7-9-16/h10,20H,5-9H2,1-4H3,(H,15,19)(H,17,18)/t10-,14?/m0/s1. The topological polar surface area (TPSA) is 89.9 Å². The molecule has 20 heavy (non-hydrogen) atoms. The number of aliphatic carboxylic acids is 1. The molecule has 0 spiro atoms. The van der Waals surface area contributed by atoms with Crippen LogP contribution in [0.2, 0.25) is 0 Å². The van der Waals surface area contributed by atoms with Crippen molar-refractivity contribution in [2.75, 3.05) is 13.1 Å². The number of carboxylic acids is 1. The second-order valence-corrected chi connectivity index (χ2v) is 6.92. The van der Waals surface area contributed by atoms with Gasteiger partial charge in [-0.25, -0.2) is 9.59 Å². The van der Waals surface area contributed by atoms with E-state index in [2.05, 4.69) is 5.32 Å². The van der Waals surface area contributed by atoms with E-state index < -0.39 is 23.0 Å². The zero-order chi connectivity index (χ0) is 15.6. The molecule has 116 valence electrons. The lowest BCUT2D eigenvalue weighted by Crippen LogP contribution is -2.53. The monoisotopic (exact) mass is 286 g/mol. The van der Waals surface area contributed by atoms with Crippen LogP contribution in [0.15, 0.2) is 0 Å². The maximum Gasteiger partial charge on any atom is 0.326 e. The van der Waals surface area contributed by atoms with E-state index in [1.165, 1.54) is 0 Å². The molecule has 0 aromatic carbocycles. The molecule has 6 nitrogen and oxygen atoms in total. The number of carbonyl (C=O) groups excluding carboxylic acids is 1. The third-order valence-electron chi connectivity index (χ3n) is 3.73. The third-order valence-corrected chi connectivity index (χ3v) is 3.73. The fourth-order valence-electron chi connectivity index (χ4n) is 2.33. The first-order valence-electron chi connectivity index (χ1n) is 7.03. The van der Waals surface area contributed by atoms with E-state index >= 15 is 0 Å². The summed E-state index contributed by atoms with van der Waals surface area (Å²) in [4.78, 5) is 25.0. The third kappa shape index (κ3) is 4.67. The lowest BCUT2D eigenvalue weighted by atomic mass is 9.87. The van der Waals surface area contributed by atoms with Gasteiger partial charge in [0.15, 0.2) is 0 Å². The van der Waals surface area contributed by atoms with Crippen LogP contribution in [0, 0.1) is 5.41 Å². The minimum Gasteiger partial charge on any atom is -0.480 e. The second-order valence-electron chi connectivity index (χ2n) is 6.92. The molecule has 1 aliphatic heterocycles. The van der Waals surface area contributed by atoms with Crippen LogP contribution < -0.4 is 5.32 Å². The summed E-state index contributed by atoms with van der Waals surface area (Å²) >= 11 is 0. The number of carbonyl (C=O) groups is 2. The van der Waals surface area contributed by atoms with Gasteiger partial charge in [-0.05, 0) is 31.6 Å². The van der Waals surface area contributed by atoms with E-state index in [9.17, 15) is 19.8 Å². The number of hydrogen-bond donors (Lipinski definition) is 3. The van der Waals surface area contributed by atoms with Crippen LogP contribution in [0.3, 0.4) is 0 Å². The number of nitrogens with one attached hydrogen (secondary N) is 1. The Morgan fingerprint density at radius 3 is 2.35 bits per heavy atom. The average Bonchev–Trinajstić information content (AvgIpc) is 2.44. The van der Waals surface area contributed by atoms with E-state index in [-0.39, 0.29) is 6.03 Å². The molecule has 2 atom stereocenters. The van der Waals surface area contributed by atoms with Crippen LogP contribution in [0.5, 0.6) is 0 Å². The molecule has 6 heteroatoms. The molecule has 0 aromatic rings. The molecular formula is C14H26N2O4. The van der Waals surface area contributed by atoms with E-state index in [1.807, 2.05) is 0 Å². The van der Waals surface area contributed by atoms with Crippen LogP contribution in [0.1, 0.15) is 47.0 Å². The first kappa shape index (κ1) is 16.8. The van der Waals surface area contributed by atoms with Crippen LogP contribution in [-0.2, 0) is 4.79 Å². The highest BCUT2D eigenvalue weighted by molar-refractivity contribution is 5.83. The summed E-state index contributed by atoms with van der Waals surface area (Å²) in [6.07, 6.45) is 1.87. The molecular weight excluding hydrogens is 260 g/mol. The van der Waals surface area contributed by atoms with Gasteiger partial charge in [0.25, 0.3) is 0 Å². The number of likely N-dealkylation sites (tertiary alicyclic amines) is 1. The Hall–Kier alpha value is -1.30. The van der Waals surface area contributed by atoms with Crippen LogP contribution in [-0.4, -0.2) is 51.8 Å². The van der Waals surface area contributed by atoms with Gasteiger partial charge in [0.2, 0.25) is 0 Å². The molecule has 0 bridgehead atoms. The van der Waals surface area contributed by atoms with Gasteiger partial charge in [-0.1, -0.05) is 20.8 Å². The Balaban J connectivity index is 2.68. The Bertz CT molecular complexity index is 374. The van der Waals surface area contributed by atoms with Crippen LogP contribution >= 0.6 is 0 Å². The van der Waals surface area contributed by atoms with Crippen molar-refractivity contribution in [1.82, 2.24) is 10.2 Å². The van der Waals surface area contributed by atoms with Crippen molar-refractivity contribution in [1.29, 1.82) is 0 Å². The number of urea groups is 1. The molecule has 0 aliphatic carbocycles.